The quantitative estimate of drug-likeness (QED) is 0.458. The van der Waals surface area contributed by atoms with Gasteiger partial charge in [-0.05, 0) is 42.5 Å². The highest BCUT2D eigenvalue weighted by Crippen LogP contribution is 2.46. The maximum Gasteiger partial charge on any atom is 0.416 e. The highest BCUT2D eigenvalue weighted by molar-refractivity contribution is 5.95. The first-order valence-corrected chi connectivity index (χ1v) is 11.9. The van der Waals surface area contributed by atoms with Crippen molar-refractivity contribution in [1.82, 2.24) is 25.3 Å². The van der Waals surface area contributed by atoms with Gasteiger partial charge in [0.1, 0.15) is 5.82 Å². The van der Waals surface area contributed by atoms with Crippen LogP contribution in [0.4, 0.5) is 19.0 Å². The number of ether oxygens (including phenoxy) is 1. The number of H-pyrrole nitrogens is 1. The Balaban J connectivity index is 1.41. The number of anilines is 1. The first-order chi connectivity index (χ1) is 17.0. The number of aromatic amines is 1. The molecule has 5 aliphatic rings. The van der Waals surface area contributed by atoms with Gasteiger partial charge in [0.15, 0.2) is 5.82 Å². The highest BCUT2D eigenvalue weighted by atomic mass is 19.4. The molecule has 3 fully saturated rings. The molecule has 2 saturated heterocycles. The summed E-state index contributed by atoms with van der Waals surface area (Å²) in [5.41, 5.74) is 2.56. The molecule has 180 valence electrons. The minimum absolute atomic E-state index is 0.0749. The average Bonchev–Trinajstić information content (AvgIpc) is 3.44. The lowest BCUT2D eigenvalue weighted by Crippen LogP contribution is -2.47. The molecule has 0 radical (unpaired) electrons. The van der Waals surface area contributed by atoms with Crippen molar-refractivity contribution >= 4 is 16.7 Å². The molecule has 1 saturated carbocycles. The zero-order chi connectivity index (χ0) is 23.7. The largest absolute Gasteiger partial charge is 0.416 e. The van der Waals surface area contributed by atoms with Crippen molar-refractivity contribution < 1.29 is 17.9 Å². The van der Waals surface area contributed by atoms with Crippen LogP contribution in [0.1, 0.15) is 29.9 Å². The maximum absolute atomic E-state index is 13.4. The third kappa shape index (κ3) is 3.54. The molecule has 0 bridgehead atoms. The molecule has 7 rings (SSSR count). The van der Waals surface area contributed by atoms with E-state index in [0.717, 1.165) is 54.8 Å². The summed E-state index contributed by atoms with van der Waals surface area (Å²) in [7, 11) is 0. The Morgan fingerprint density at radius 1 is 1.06 bits per heavy atom. The van der Waals surface area contributed by atoms with Gasteiger partial charge in [0.05, 0.1) is 36.0 Å². The number of hydrogen-bond donors (Lipinski definition) is 2. The molecule has 2 N–H and O–H groups in total. The fraction of sp³-hybridized carbons (Fsp3) is 0.400. The van der Waals surface area contributed by atoms with Gasteiger partial charge in [0, 0.05) is 54.2 Å². The summed E-state index contributed by atoms with van der Waals surface area (Å²) in [5, 5.41) is 4.52. The van der Waals surface area contributed by atoms with Crippen LogP contribution in [0.25, 0.3) is 33.5 Å². The third-order valence-electron chi connectivity index (χ3n) is 7.28. The normalized spacial score (nSPS) is 22.8. The molecule has 2 aliphatic carbocycles. The van der Waals surface area contributed by atoms with Crippen molar-refractivity contribution in [3.63, 3.8) is 0 Å². The number of aromatic nitrogens is 4. The summed E-state index contributed by atoms with van der Waals surface area (Å²) >= 11 is 0. The van der Waals surface area contributed by atoms with Crippen LogP contribution in [-0.2, 0) is 10.9 Å². The van der Waals surface area contributed by atoms with Gasteiger partial charge in [-0.1, -0.05) is 0 Å². The van der Waals surface area contributed by atoms with Gasteiger partial charge in [-0.2, -0.15) is 13.2 Å². The van der Waals surface area contributed by atoms with Gasteiger partial charge < -0.3 is 19.9 Å². The van der Waals surface area contributed by atoms with Crippen molar-refractivity contribution in [1.29, 1.82) is 0 Å². The molecular formula is C25H23F3N6O. The topological polar surface area (TPSA) is 79.0 Å². The monoisotopic (exact) mass is 480 g/mol. The summed E-state index contributed by atoms with van der Waals surface area (Å²) < 4.78 is 46.3. The summed E-state index contributed by atoms with van der Waals surface area (Å²) in [6, 6.07) is 4.24. The van der Waals surface area contributed by atoms with E-state index in [2.05, 4.69) is 20.2 Å². The molecule has 35 heavy (non-hydrogen) atoms. The molecule has 7 nitrogen and oxygen atoms in total. The Kier molecular flexibility index (Phi) is 4.59. The highest BCUT2D eigenvalue weighted by Gasteiger charge is 2.38. The number of nitrogens with one attached hydrogen (secondary N) is 2. The molecule has 0 amide bonds. The molecule has 0 spiro atoms. The number of morpholine rings is 1. The number of alkyl halides is 3. The standard InChI is InChI=1S/C25H23F3N6O/c26-25(27,28)14-7-16-15(3-4-30-18(16)8-14)23-32-19-10-29-9-17(13-1-2-13)22(19)24(33-23)34-11-20-21(12-34)35-6-5-31-20/h3-4,7-10,13,20-21,30-31H,1-2,5-6,11-12H2. The summed E-state index contributed by atoms with van der Waals surface area (Å²) in [6.45, 7) is 2.94. The zero-order valence-corrected chi connectivity index (χ0v) is 18.8. The fourth-order valence-electron chi connectivity index (χ4n) is 5.42. The van der Waals surface area contributed by atoms with Crippen molar-refractivity contribution in [3.05, 3.63) is 47.9 Å². The predicted octanol–water partition coefficient (Wildman–Crippen LogP) is 4.20. The van der Waals surface area contributed by atoms with Crippen LogP contribution in [0.2, 0.25) is 0 Å². The second-order valence-electron chi connectivity index (χ2n) is 9.60. The van der Waals surface area contributed by atoms with Crippen LogP contribution in [0, 0.1) is 0 Å². The fourth-order valence-corrected chi connectivity index (χ4v) is 5.42. The van der Waals surface area contributed by atoms with E-state index in [1.165, 1.54) is 0 Å². The number of pyridine rings is 2. The lowest BCUT2D eigenvalue weighted by molar-refractivity contribution is -0.137. The number of fused-ring (bicyclic) bond motifs is 3. The van der Waals surface area contributed by atoms with E-state index in [0.29, 0.717) is 47.2 Å². The van der Waals surface area contributed by atoms with Gasteiger partial charge in [-0.3, -0.25) is 4.98 Å². The Morgan fingerprint density at radius 2 is 1.94 bits per heavy atom. The van der Waals surface area contributed by atoms with Gasteiger partial charge in [0.2, 0.25) is 0 Å². The maximum atomic E-state index is 13.4. The van der Waals surface area contributed by atoms with Crippen LogP contribution in [0.5, 0.6) is 0 Å². The van der Waals surface area contributed by atoms with E-state index in [1.54, 1.807) is 18.5 Å². The lowest BCUT2D eigenvalue weighted by Gasteiger charge is -2.25. The Hall–Kier alpha value is -3.24. The molecule has 5 heterocycles. The molecule has 0 aromatic carbocycles. The number of halogens is 3. The van der Waals surface area contributed by atoms with E-state index in [4.69, 9.17) is 14.7 Å². The molecule has 2 aromatic heterocycles. The zero-order valence-electron chi connectivity index (χ0n) is 18.8. The van der Waals surface area contributed by atoms with Crippen molar-refractivity contribution in [3.8, 4) is 22.6 Å². The van der Waals surface area contributed by atoms with Gasteiger partial charge in [0.25, 0.3) is 0 Å². The van der Waals surface area contributed by atoms with Crippen molar-refractivity contribution in [2.75, 3.05) is 31.1 Å². The second kappa shape index (κ2) is 7.63. The number of nitrogens with zero attached hydrogens (tertiary/aromatic N) is 4. The van der Waals surface area contributed by atoms with E-state index in [9.17, 15) is 13.2 Å². The predicted molar refractivity (Wildman–Crippen MR) is 124 cm³/mol. The average molecular weight is 480 g/mol. The Morgan fingerprint density at radius 3 is 2.74 bits per heavy atom. The van der Waals surface area contributed by atoms with Crippen LogP contribution in [-0.4, -0.2) is 58.3 Å². The molecule has 3 aliphatic heterocycles. The second-order valence-corrected chi connectivity index (χ2v) is 9.60. The minimum Gasteiger partial charge on any atom is -0.373 e. The van der Waals surface area contributed by atoms with E-state index in [1.807, 2.05) is 6.20 Å². The first kappa shape index (κ1) is 21.1. The smallest absolute Gasteiger partial charge is 0.373 e. The van der Waals surface area contributed by atoms with Crippen molar-refractivity contribution in [2.24, 2.45) is 0 Å². The van der Waals surface area contributed by atoms with Crippen LogP contribution in [0.3, 0.4) is 0 Å². The number of rotatable bonds is 3. The summed E-state index contributed by atoms with van der Waals surface area (Å²) in [6.07, 6.45) is 3.14. The van der Waals surface area contributed by atoms with Gasteiger partial charge >= 0.3 is 6.18 Å². The SMILES string of the molecule is FC(F)(F)c1cc2[nH]ccc(-c3nc(N4CC5NCCOC5C4)c4c(C5CC5)cncc4n3)c-2c1. The number of hydrogen-bond acceptors (Lipinski definition) is 6. The van der Waals surface area contributed by atoms with Gasteiger partial charge in [-0.25, -0.2) is 9.97 Å². The van der Waals surface area contributed by atoms with Crippen molar-refractivity contribution in [2.45, 2.75) is 37.1 Å². The lowest BCUT2D eigenvalue weighted by atomic mass is 10.1. The third-order valence-corrected chi connectivity index (χ3v) is 7.28. The first-order valence-electron chi connectivity index (χ1n) is 11.9. The van der Waals surface area contributed by atoms with Crippen LogP contribution in [0.15, 0.2) is 36.8 Å². The summed E-state index contributed by atoms with van der Waals surface area (Å²) in [4.78, 5) is 19.4. The molecule has 2 unspecified atom stereocenters. The van der Waals surface area contributed by atoms with E-state index >= 15 is 0 Å². The van der Waals surface area contributed by atoms with Gasteiger partial charge in [-0.15, -0.1) is 0 Å². The van der Waals surface area contributed by atoms with Crippen LogP contribution < -0.4 is 10.2 Å². The molecule has 10 heteroatoms. The van der Waals surface area contributed by atoms with E-state index in [-0.39, 0.29) is 12.1 Å². The van der Waals surface area contributed by atoms with E-state index < -0.39 is 11.7 Å². The minimum atomic E-state index is -4.43. The Labute approximate surface area is 199 Å². The Bertz CT molecular complexity index is 1380. The molecule has 2 aromatic rings. The summed E-state index contributed by atoms with van der Waals surface area (Å²) in [5.74, 6) is 1.64. The molecular weight excluding hydrogens is 457 g/mol. The molecule has 2 atom stereocenters. The van der Waals surface area contributed by atoms with Crippen LogP contribution >= 0.6 is 0 Å².